The number of fused-ring (bicyclic) bond motifs is 1. The van der Waals surface area contributed by atoms with Gasteiger partial charge in [0.25, 0.3) is 15.9 Å². The molecule has 0 bridgehead atoms. The van der Waals surface area contributed by atoms with Gasteiger partial charge in [-0.25, -0.2) is 13.1 Å². The van der Waals surface area contributed by atoms with Gasteiger partial charge in [0.05, 0.1) is 10.9 Å². The normalized spacial score (nSPS) is 14.6. The highest BCUT2D eigenvalue weighted by atomic mass is 32.2. The SMILES string of the molecule is Cc1c(C)c(S(=O)(=O)NC(=O)[C@H](CCCN=C(N)N)NCc2ccc(CN(C)Cc3ccccc3)cc2)c(C)c2c1OC(C)(C)CC2. The molecule has 11 heteroatoms. The van der Waals surface area contributed by atoms with E-state index < -0.39 is 22.0 Å². The molecule has 1 amide bonds. The van der Waals surface area contributed by atoms with Crippen LogP contribution in [0.15, 0.2) is 64.5 Å². The number of sulfonamides is 1. The highest BCUT2D eigenvalue weighted by molar-refractivity contribution is 7.90. The number of nitrogens with two attached hydrogens (primary N) is 2. The molecule has 4 rings (SSSR count). The molecule has 254 valence electrons. The number of hydrogen-bond donors (Lipinski definition) is 4. The van der Waals surface area contributed by atoms with E-state index in [9.17, 15) is 13.2 Å². The first-order chi connectivity index (χ1) is 22.2. The number of carbonyl (C=O) groups is 1. The molecule has 0 saturated carbocycles. The number of benzene rings is 3. The first-order valence-corrected chi connectivity index (χ1v) is 17.6. The number of rotatable bonds is 14. The second-order valence-corrected chi connectivity index (χ2v) is 14.8. The smallest absolute Gasteiger partial charge is 0.264 e. The molecule has 1 atom stereocenters. The third kappa shape index (κ3) is 9.56. The minimum Gasteiger partial charge on any atom is -0.487 e. The summed E-state index contributed by atoms with van der Waals surface area (Å²) in [6.45, 7) is 11.8. The van der Waals surface area contributed by atoms with E-state index >= 15 is 0 Å². The number of aliphatic imine (C=N–C) groups is 1. The molecule has 1 aliphatic heterocycles. The minimum atomic E-state index is -4.18. The Bertz CT molecular complexity index is 1680. The van der Waals surface area contributed by atoms with Crippen molar-refractivity contribution in [1.29, 1.82) is 0 Å². The van der Waals surface area contributed by atoms with E-state index in [4.69, 9.17) is 16.2 Å². The van der Waals surface area contributed by atoms with Crippen LogP contribution in [0, 0.1) is 20.8 Å². The van der Waals surface area contributed by atoms with Crippen molar-refractivity contribution in [3.05, 3.63) is 93.5 Å². The van der Waals surface area contributed by atoms with Crippen LogP contribution in [-0.2, 0) is 40.9 Å². The molecule has 3 aromatic rings. The van der Waals surface area contributed by atoms with Gasteiger partial charge in [-0.2, -0.15) is 0 Å². The monoisotopic (exact) mass is 662 g/mol. The van der Waals surface area contributed by atoms with Crippen molar-refractivity contribution in [1.82, 2.24) is 14.9 Å². The molecule has 0 spiro atoms. The second-order valence-electron chi connectivity index (χ2n) is 13.2. The predicted molar refractivity (Wildman–Crippen MR) is 188 cm³/mol. The summed E-state index contributed by atoms with van der Waals surface area (Å²) in [7, 11) is -2.10. The molecule has 0 saturated heterocycles. The standard InChI is InChI=1S/C36H50N6O4S/c1-24-25(2)33(26(3)30-18-19-36(4,5)46-32(24)30)47(44,45)41-34(43)31(13-10-20-39-35(37)38)40-21-27-14-16-29(17-15-27)23-42(6)22-28-11-8-7-9-12-28/h7-9,11-12,14-17,31,40H,10,13,18-23H2,1-6H3,(H,41,43)(H4,37,38,39)/t31-/m0/s1. The third-order valence-electron chi connectivity index (χ3n) is 8.76. The van der Waals surface area contributed by atoms with E-state index in [1.54, 1.807) is 13.8 Å². The second kappa shape index (κ2) is 15.3. The quantitative estimate of drug-likeness (QED) is 0.113. The molecule has 47 heavy (non-hydrogen) atoms. The lowest BCUT2D eigenvalue weighted by Crippen LogP contribution is -2.46. The van der Waals surface area contributed by atoms with E-state index in [1.165, 1.54) is 11.1 Å². The van der Waals surface area contributed by atoms with Gasteiger partial charge in [0.2, 0.25) is 0 Å². The summed E-state index contributed by atoms with van der Waals surface area (Å²) in [6.07, 6.45) is 2.29. The topological polar surface area (TPSA) is 152 Å². The average molecular weight is 663 g/mol. The van der Waals surface area contributed by atoms with Crippen LogP contribution in [0.25, 0.3) is 0 Å². The van der Waals surface area contributed by atoms with Crippen LogP contribution < -0.4 is 26.2 Å². The van der Waals surface area contributed by atoms with Gasteiger partial charge in [-0.3, -0.25) is 14.7 Å². The summed E-state index contributed by atoms with van der Waals surface area (Å²) < 4.78 is 36.3. The maximum atomic E-state index is 13.8. The molecule has 1 aliphatic rings. The summed E-state index contributed by atoms with van der Waals surface area (Å²) in [6, 6.07) is 17.7. The zero-order valence-electron chi connectivity index (χ0n) is 28.5. The Labute approximate surface area is 280 Å². The van der Waals surface area contributed by atoms with Crippen molar-refractivity contribution >= 4 is 21.9 Å². The lowest BCUT2D eigenvalue weighted by molar-refractivity contribution is -0.121. The Balaban J connectivity index is 1.46. The molecule has 0 fully saturated rings. The van der Waals surface area contributed by atoms with Crippen LogP contribution in [-0.4, -0.2) is 50.4 Å². The van der Waals surface area contributed by atoms with Gasteiger partial charge in [0.15, 0.2) is 5.96 Å². The van der Waals surface area contributed by atoms with Crippen molar-refractivity contribution in [2.45, 2.75) is 96.5 Å². The number of nitrogens with one attached hydrogen (secondary N) is 2. The van der Waals surface area contributed by atoms with Crippen molar-refractivity contribution in [3.8, 4) is 5.75 Å². The lowest BCUT2D eigenvalue weighted by atomic mass is 9.88. The number of hydrogen-bond acceptors (Lipinski definition) is 7. The third-order valence-corrected chi connectivity index (χ3v) is 10.4. The zero-order chi connectivity index (χ0) is 34.4. The van der Waals surface area contributed by atoms with E-state index in [0.29, 0.717) is 43.5 Å². The van der Waals surface area contributed by atoms with Gasteiger partial charge in [-0.15, -0.1) is 0 Å². The molecule has 0 radical (unpaired) electrons. The van der Waals surface area contributed by atoms with E-state index in [1.807, 2.05) is 51.1 Å². The number of nitrogens with zero attached hydrogens (tertiary/aromatic N) is 2. The van der Waals surface area contributed by atoms with Crippen molar-refractivity contribution in [3.63, 3.8) is 0 Å². The lowest BCUT2D eigenvalue weighted by Gasteiger charge is -2.35. The zero-order valence-corrected chi connectivity index (χ0v) is 29.3. The highest BCUT2D eigenvalue weighted by Gasteiger charge is 2.34. The molecular weight excluding hydrogens is 613 g/mol. The number of carbonyl (C=O) groups excluding carboxylic acids is 1. The molecular formula is C36H50N6O4S. The summed E-state index contributed by atoms with van der Waals surface area (Å²) in [5, 5.41) is 3.27. The fourth-order valence-corrected chi connectivity index (χ4v) is 7.69. The maximum Gasteiger partial charge on any atom is 0.264 e. The average Bonchev–Trinajstić information content (AvgIpc) is 2.99. The number of guanidine groups is 1. The van der Waals surface area contributed by atoms with Crippen LogP contribution in [0.3, 0.4) is 0 Å². The summed E-state index contributed by atoms with van der Waals surface area (Å²) in [5.74, 6) is 0.0900. The Morgan fingerprint density at radius 2 is 1.57 bits per heavy atom. The Morgan fingerprint density at radius 3 is 2.21 bits per heavy atom. The molecule has 3 aromatic carbocycles. The van der Waals surface area contributed by atoms with Crippen LogP contribution in [0.4, 0.5) is 0 Å². The van der Waals surface area contributed by atoms with E-state index in [0.717, 1.165) is 42.0 Å². The van der Waals surface area contributed by atoms with Crippen molar-refractivity contribution in [2.24, 2.45) is 16.5 Å². The minimum absolute atomic E-state index is 0.0304. The maximum absolute atomic E-state index is 13.8. The van der Waals surface area contributed by atoms with Crippen LogP contribution in [0.1, 0.15) is 72.1 Å². The van der Waals surface area contributed by atoms with Crippen LogP contribution >= 0.6 is 0 Å². The first kappa shape index (κ1) is 35.9. The summed E-state index contributed by atoms with van der Waals surface area (Å²) in [4.78, 5) is 20.0. The molecule has 1 heterocycles. The molecule has 0 aromatic heterocycles. The molecule has 0 unspecified atom stereocenters. The van der Waals surface area contributed by atoms with Gasteiger partial charge >= 0.3 is 0 Å². The summed E-state index contributed by atoms with van der Waals surface area (Å²) in [5.41, 5.74) is 16.9. The van der Waals surface area contributed by atoms with Gasteiger partial charge in [-0.1, -0.05) is 54.6 Å². The van der Waals surface area contributed by atoms with Gasteiger partial charge in [0, 0.05) is 26.2 Å². The Morgan fingerprint density at radius 1 is 0.957 bits per heavy atom. The summed E-state index contributed by atoms with van der Waals surface area (Å²) >= 11 is 0. The predicted octanol–water partition coefficient (Wildman–Crippen LogP) is 4.36. The van der Waals surface area contributed by atoms with E-state index in [-0.39, 0.29) is 16.5 Å². The molecule has 0 aliphatic carbocycles. The van der Waals surface area contributed by atoms with Crippen molar-refractivity contribution in [2.75, 3.05) is 13.6 Å². The number of amides is 1. The molecule has 6 N–H and O–H groups in total. The Hall–Kier alpha value is -3.93. The van der Waals surface area contributed by atoms with Gasteiger partial charge in [-0.05, 0) is 106 Å². The van der Waals surface area contributed by atoms with Gasteiger partial charge < -0.3 is 21.5 Å². The van der Waals surface area contributed by atoms with Crippen molar-refractivity contribution < 1.29 is 17.9 Å². The fourth-order valence-electron chi connectivity index (χ4n) is 6.10. The van der Waals surface area contributed by atoms with Gasteiger partial charge in [0.1, 0.15) is 11.4 Å². The fraction of sp³-hybridized carbons (Fsp3) is 0.444. The largest absolute Gasteiger partial charge is 0.487 e. The number of ether oxygens (including phenoxy) is 1. The Kier molecular flexibility index (Phi) is 11.7. The molecule has 10 nitrogen and oxygen atoms in total. The highest BCUT2D eigenvalue weighted by Crippen LogP contribution is 2.42. The van der Waals surface area contributed by atoms with Crippen LogP contribution in [0.2, 0.25) is 0 Å². The first-order valence-electron chi connectivity index (χ1n) is 16.1. The van der Waals surface area contributed by atoms with E-state index in [2.05, 4.69) is 51.2 Å². The van der Waals surface area contributed by atoms with Crippen LogP contribution in [0.5, 0.6) is 5.75 Å².